The summed E-state index contributed by atoms with van der Waals surface area (Å²) in [5.41, 5.74) is 1.95. The largest absolute Gasteiger partial charge is 0.493 e. The summed E-state index contributed by atoms with van der Waals surface area (Å²) in [6.45, 7) is 3.15. The lowest BCUT2D eigenvalue weighted by atomic mass is 10.0. The van der Waals surface area contributed by atoms with E-state index >= 15 is 4.39 Å². The molecule has 0 aliphatic heterocycles. The zero-order valence-corrected chi connectivity index (χ0v) is 27.8. The van der Waals surface area contributed by atoms with Crippen LogP contribution in [0.4, 0.5) is 10.1 Å². The van der Waals surface area contributed by atoms with Crippen LogP contribution in [-0.4, -0.2) is 58.5 Å². The number of carbonyl (C=O) groups excluding carboxylic acids is 2. The fraction of sp³-hybridized carbons (Fsp3) is 0.278. The second kappa shape index (κ2) is 16.1. The SMILES string of the molecule is CCCNC(=O)C(Cc1ccccc1)N(Cc1ccccc1F)C(=O)CN(c1ccc(OC)c(OC)c1)S(=O)(=O)c1ccc(C)cc1. The van der Waals surface area contributed by atoms with Crippen LogP contribution in [0.3, 0.4) is 0 Å². The van der Waals surface area contributed by atoms with Crippen LogP contribution in [0.1, 0.15) is 30.0 Å². The fourth-order valence-corrected chi connectivity index (χ4v) is 6.48. The first-order chi connectivity index (χ1) is 22.6. The lowest BCUT2D eigenvalue weighted by Crippen LogP contribution is -2.53. The van der Waals surface area contributed by atoms with E-state index in [-0.39, 0.29) is 34.9 Å². The van der Waals surface area contributed by atoms with Gasteiger partial charge in [0.25, 0.3) is 10.0 Å². The molecule has 0 aliphatic rings. The van der Waals surface area contributed by atoms with E-state index in [0.29, 0.717) is 18.7 Å². The number of hydrogen-bond acceptors (Lipinski definition) is 6. The quantitative estimate of drug-likeness (QED) is 0.180. The van der Waals surface area contributed by atoms with E-state index in [9.17, 15) is 18.0 Å². The van der Waals surface area contributed by atoms with Crippen LogP contribution in [0, 0.1) is 12.7 Å². The Morgan fingerprint density at radius 1 is 0.872 bits per heavy atom. The van der Waals surface area contributed by atoms with Crippen LogP contribution in [0.25, 0.3) is 0 Å². The van der Waals surface area contributed by atoms with Crippen LogP contribution in [-0.2, 0) is 32.6 Å². The highest BCUT2D eigenvalue weighted by Gasteiger charge is 2.35. The maximum atomic E-state index is 15.1. The Labute approximate surface area is 276 Å². The molecule has 47 heavy (non-hydrogen) atoms. The van der Waals surface area contributed by atoms with Crippen molar-refractivity contribution >= 4 is 27.5 Å². The molecule has 1 atom stereocenters. The molecule has 2 amide bonds. The topological polar surface area (TPSA) is 105 Å². The number of hydrogen-bond donors (Lipinski definition) is 1. The minimum Gasteiger partial charge on any atom is -0.493 e. The van der Waals surface area contributed by atoms with Gasteiger partial charge in [-0.15, -0.1) is 0 Å². The Bertz CT molecular complexity index is 1770. The van der Waals surface area contributed by atoms with Crippen molar-refractivity contribution in [2.75, 3.05) is 31.6 Å². The lowest BCUT2D eigenvalue weighted by molar-refractivity contribution is -0.140. The first kappa shape index (κ1) is 35.0. The monoisotopic (exact) mass is 661 g/mol. The van der Waals surface area contributed by atoms with Gasteiger partial charge in [0.1, 0.15) is 18.4 Å². The average molecular weight is 662 g/mol. The first-order valence-electron chi connectivity index (χ1n) is 15.2. The number of nitrogens with one attached hydrogen (secondary N) is 1. The number of carbonyl (C=O) groups is 2. The molecule has 0 aromatic heterocycles. The maximum Gasteiger partial charge on any atom is 0.264 e. The van der Waals surface area contributed by atoms with Gasteiger partial charge < -0.3 is 19.7 Å². The smallest absolute Gasteiger partial charge is 0.264 e. The molecule has 0 bridgehead atoms. The van der Waals surface area contributed by atoms with Gasteiger partial charge in [-0.3, -0.25) is 13.9 Å². The molecular formula is C36H40FN3O6S. The van der Waals surface area contributed by atoms with Crippen LogP contribution in [0.2, 0.25) is 0 Å². The minimum absolute atomic E-state index is 0.0344. The van der Waals surface area contributed by atoms with Crippen molar-refractivity contribution in [1.82, 2.24) is 10.2 Å². The van der Waals surface area contributed by atoms with Crippen molar-refractivity contribution in [3.63, 3.8) is 0 Å². The van der Waals surface area contributed by atoms with Crippen molar-refractivity contribution in [1.29, 1.82) is 0 Å². The van der Waals surface area contributed by atoms with Crippen LogP contribution < -0.4 is 19.1 Å². The molecule has 9 nitrogen and oxygen atoms in total. The predicted molar refractivity (Wildman–Crippen MR) is 179 cm³/mol. The molecule has 0 saturated carbocycles. The zero-order valence-electron chi connectivity index (χ0n) is 27.0. The van der Waals surface area contributed by atoms with Gasteiger partial charge in [0, 0.05) is 31.1 Å². The number of ether oxygens (including phenoxy) is 2. The molecule has 1 unspecified atom stereocenters. The Hall–Kier alpha value is -4.90. The molecule has 0 aliphatic carbocycles. The van der Waals surface area contributed by atoms with E-state index in [1.54, 1.807) is 24.3 Å². The number of nitrogens with zero attached hydrogens (tertiary/aromatic N) is 2. The summed E-state index contributed by atoms with van der Waals surface area (Å²) < 4.78 is 55.3. The molecule has 0 heterocycles. The van der Waals surface area contributed by atoms with E-state index in [2.05, 4.69) is 5.32 Å². The second-order valence-corrected chi connectivity index (χ2v) is 12.8. The van der Waals surface area contributed by atoms with E-state index in [4.69, 9.17) is 9.47 Å². The van der Waals surface area contributed by atoms with E-state index < -0.39 is 40.2 Å². The summed E-state index contributed by atoms with van der Waals surface area (Å²) >= 11 is 0. The molecule has 0 radical (unpaired) electrons. The van der Waals surface area contributed by atoms with Gasteiger partial charge in [0.15, 0.2) is 11.5 Å². The van der Waals surface area contributed by atoms with Crippen molar-refractivity contribution in [2.45, 2.75) is 44.2 Å². The summed E-state index contributed by atoms with van der Waals surface area (Å²) in [6.07, 6.45) is 0.782. The second-order valence-electron chi connectivity index (χ2n) is 11.0. The number of benzene rings is 4. The van der Waals surface area contributed by atoms with E-state index in [0.717, 1.165) is 15.4 Å². The minimum atomic E-state index is -4.33. The highest BCUT2D eigenvalue weighted by molar-refractivity contribution is 7.92. The predicted octanol–water partition coefficient (Wildman–Crippen LogP) is 5.51. The van der Waals surface area contributed by atoms with Gasteiger partial charge in [0.05, 0.1) is 24.8 Å². The summed E-state index contributed by atoms with van der Waals surface area (Å²) in [4.78, 5) is 29.5. The molecule has 0 fully saturated rings. The molecule has 11 heteroatoms. The Morgan fingerprint density at radius 3 is 2.17 bits per heavy atom. The molecule has 0 spiro atoms. The molecule has 248 valence electrons. The number of aryl methyl sites for hydroxylation is 1. The molecular weight excluding hydrogens is 621 g/mol. The number of amides is 2. The van der Waals surface area contributed by atoms with Crippen molar-refractivity contribution in [3.8, 4) is 11.5 Å². The lowest BCUT2D eigenvalue weighted by Gasteiger charge is -2.34. The van der Waals surface area contributed by atoms with Crippen molar-refractivity contribution < 1.29 is 31.9 Å². The molecule has 4 rings (SSSR count). The molecule has 4 aromatic carbocycles. The third-order valence-corrected chi connectivity index (χ3v) is 9.45. The van der Waals surface area contributed by atoms with Gasteiger partial charge >= 0.3 is 0 Å². The van der Waals surface area contributed by atoms with Gasteiger partial charge in [-0.05, 0) is 49.2 Å². The molecule has 1 N–H and O–H groups in total. The van der Waals surface area contributed by atoms with Crippen LogP contribution in [0.5, 0.6) is 11.5 Å². The van der Waals surface area contributed by atoms with Gasteiger partial charge in [0.2, 0.25) is 11.8 Å². The third-order valence-electron chi connectivity index (χ3n) is 7.66. The summed E-state index contributed by atoms with van der Waals surface area (Å²) in [5, 5.41) is 2.87. The standard InChI is InChI=1S/C36H40FN3O6S/c1-5-21-38-36(42)32(22-27-11-7-6-8-12-27)39(24-28-13-9-10-14-31(28)37)35(41)25-40(29-17-20-33(45-3)34(23-29)46-4)47(43,44)30-18-15-26(2)16-19-30/h6-20,23,32H,5,21-22,24-25H2,1-4H3,(H,38,42). The van der Waals surface area contributed by atoms with Crippen molar-refractivity contribution in [3.05, 3.63) is 120 Å². The van der Waals surface area contributed by atoms with E-state index in [1.165, 1.54) is 61.6 Å². The summed E-state index contributed by atoms with van der Waals surface area (Å²) in [5.74, 6) is -1.06. The number of methoxy groups -OCH3 is 2. The number of sulfonamides is 1. The van der Waals surface area contributed by atoms with Gasteiger partial charge in [-0.1, -0.05) is 73.2 Å². The highest BCUT2D eigenvalue weighted by atomic mass is 32.2. The molecule has 4 aromatic rings. The third kappa shape index (κ3) is 8.68. The fourth-order valence-electron chi connectivity index (χ4n) is 5.08. The first-order valence-corrected chi connectivity index (χ1v) is 16.7. The van der Waals surface area contributed by atoms with Gasteiger partial charge in [-0.25, -0.2) is 12.8 Å². The highest BCUT2D eigenvalue weighted by Crippen LogP contribution is 2.34. The molecule has 0 saturated heterocycles. The normalized spacial score (nSPS) is 11.8. The van der Waals surface area contributed by atoms with E-state index in [1.807, 2.05) is 44.2 Å². The number of halogens is 1. The Balaban J connectivity index is 1.84. The maximum absolute atomic E-state index is 15.1. The average Bonchev–Trinajstić information content (AvgIpc) is 3.08. The number of rotatable bonds is 15. The van der Waals surface area contributed by atoms with Crippen LogP contribution >= 0.6 is 0 Å². The summed E-state index contributed by atoms with van der Waals surface area (Å²) in [6, 6.07) is 24.9. The Kier molecular flexibility index (Phi) is 12.0. The zero-order chi connectivity index (χ0) is 34.0. The summed E-state index contributed by atoms with van der Waals surface area (Å²) in [7, 11) is -1.45. The van der Waals surface area contributed by atoms with Gasteiger partial charge in [-0.2, -0.15) is 0 Å². The number of anilines is 1. The van der Waals surface area contributed by atoms with Crippen molar-refractivity contribution in [2.24, 2.45) is 0 Å². The van der Waals surface area contributed by atoms with Crippen LogP contribution in [0.15, 0.2) is 102 Å². The Morgan fingerprint density at radius 2 is 1.53 bits per heavy atom.